The van der Waals surface area contributed by atoms with Crippen LogP contribution in [0.15, 0.2) is 0 Å². The van der Waals surface area contributed by atoms with Gasteiger partial charge in [-0.2, -0.15) is 0 Å². The van der Waals surface area contributed by atoms with Crippen LogP contribution in [0.2, 0.25) is 0 Å². The Morgan fingerprint density at radius 2 is 1.61 bits per heavy atom. The molecule has 18 heavy (non-hydrogen) atoms. The van der Waals surface area contributed by atoms with Gasteiger partial charge in [0.15, 0.2) is 0 Å². The number of aliphatic hydroxyl groups is 3. The van der Waals surface area contributed by atoms with E-state index in [0.717, 1.165) is 12.8 Å². The van der Waals surface area contributed by atoms with Crippen molar-refractivity contribution in [1.82, 2.24) is 0 Å². The Morgan fingerprint density at radius 1 is 1.00 bits per heavy atom. The first-order valence-corrected chi connectivity index (χ1v) is 7.28. The fourth-order valence-electron chi connectivity index (χ4n) is 5.36. The van der Waals surface area contributed by atoms with Crippen molar-refractivity contribution in [2.45, 2.75) is 58.3 Å². The lowest BCUT2D eigenvalue weighted by Crippen LogP contribution is -2.44. The van der Waals surface area contributed by atoms with Gasteiger partial charge in [-0.1, -0.05) is 20.8 Å². The third-order valence-electron chi connectivity index (χ3n) is 6.51. The average molecular weight is 254 g/mol. The molecule has 3 heteroatoms. The maximum Gasteiger partial charge on any atom is 0.0860 e. The number of aliphatic hydroxyl groups excluding tert-OH is 2. The second kappa shape index (κ2) is 3.50. The maximum atomic E-state index is 10.7. The lowest BCUT2D eigenvalue weighted by Gasteiger charge is -2.36. The molecule has 0 aliphatic heterocycles. The first-order valence-electron chi connectivity index (χ1n) is 7.28. The van der Waals surface area contributed by atoms with Gasteiger partial charge >= 0.3 is 0 Å². The molecule has 3 aliphatic rings. The van der Waals surface area contributed by atoms with Crippen molar-refractivity contribution in [3.63, 3.8) is 0 Å². The predicted molar refractivity (Wildman–Crippen MR) is 68.8 cm³/mol. The van der Waals surface area contributed by atoms with Crippen LogP contribution in [0.3, 0.4) is 0 Å². The molecular formula is C15H26O3. The van der Waals surface area contributed by atoms with Crippen LogP contribution in [0.1, 0.15) is 40.5 Å². The van der Waals surface area contributed by atoms with E-state index in [0.29, 0.717) is 17.3 Å². The zero-order valence-electron chi connectivity index (χ0n) is 11.8. The monoisotopic (exact) mass is 254 g/mol. The topological polar surface area (TPSA) is 60.7 Å². The van der Waals surface area contributed by atoms with Gasteiger partial charge in [0.25, 0.3) is 0 Å². The van der Waals surface area contributed by atoms with E-state index >= 15 is 0 Å². The summed E-state index contributed by atoms with van der Waals surface area (Å²) in [6.07, 6.45) is 0.347. The Balaban J connectivity index is 2.01. The fourth-order valence-corrected chi connectivity index (χ4v) is 5.36. The first-order chi connectivity index (χ1) is 8.19. The molecular weight excluding hydrogens is 228 g/mol. The standard InChI is InChI=1S/C15H26O3/c1-7-9-10-8(14(10,2)3)5-6-15(4,18)11(9)13(17)12(7)16/h7-13,16-18H,5-6H2,1-4H3. The number of fused-ring (bicyclic) bond motifs is 3. The molecule has 8 unspecified atom stereocenters. The van der Waals surface area contributed by atoms with E-state index in [1.807, 2.05) is 13.8 Å². The molecule has 104 valence electrons. The number of hydrogen-bond acceptors (Lipinski definition) is 3. The van der Waals surface area contributed by atoms with Crippen LogP contribution in [0.4, 0.5) is 0 Å². The summed E-state index contributed by atoms with van der Waals surface area (Å²) in [5, 5.41) is 31.2. The van der Waals surface area contributed by atoms with E-state index in [1.165, 1.54) is 0 Å². The second-order valence-electron chi connectivity index (χ2n) is 7.79. The molecule has 0 saturated heterocycles. The van der Waals surface area contributed by atoms with Crippen molar-refractivity contribution in [3.05, 3.63) is 0 Å². The number of hydrogen-bond donors (Lipinski definition) is 3. The molecule has 3 saturated carbocycles. The smallest absolute Gasteiger partial charge is 0.0860 e. The predicted octanol–water partition coefficient (Wildman–Crippen LogP) is 1.41. The highest BCUT2D eigenvalue weighted by atomic mass is 16.3. The fraction of sp³-hybridized carbons (Fsp3) is 1.00. The van der Waals surface area contributed by atoms with E-state index in [-0.39, 0.29) is 17.8 Å². The molecule has 8 atom stereocenters. The Morgan fingerprint density at radius 3 is 2.22 bits per heavy atom. The second-order valence-corrected chi connectivity index (χ2v) is 7.79. The summed E-state index contributed by atoms with van der Waals surface area (Å²) in [5.74, 6) is 1.38. The summed E-state index contributed by atoms with van der Waals surface area (Å²) in [7, 11) is 0. The molecule has 0 aromatic carbocycles. The van der Waals surface area contributed by atoms with Crippen molar-refractivity contribution in [2.24, 2.45) is 35.0 Å². The van der Waals surface area contributed by atoms with Crippen molar-refractivity contribution < 1.29 is 15.3 Å². The number of rotatable bonds is 0. The minimum atomic E-state index is -0.834. The summed E-state index contributed by atoms with van der Waals surface area (Å²) in [6.45, 7) is 8.47. The molecule has 3 aliphatic carbocycles. The lowest BCUT2D eigenvalue weighted by molar-refractivity contribution is -0.0855. The molecule has 3 fully saturated rings. The Bertz CT molecular complexity index is 363. The largest absolute Gasteiger partial charge is 0.390 e. The van der Waals surface area contributed by atoms with Gasteiger partial charge in [-0.05, 0) is 48.9 Å². The highest BCUT2D eigenvalue weighted by Gasteiger charge is 2.69. The van der Waals surface area contributed by atoms with Crippen LogP contribution in [0.5, 0.6) is 0 Å². The van der Waals surface area contributed by atoms with Crippen molar-refractivity contribution in [2.75, 3.05) is 0 Å². The summed E-state index contributed by atoms with van der Waals surface area (Å²) in [5.41, 5.74) is -0.517. The molecule has 0 amide bonds. The highest BCUT2D eigenvalue weighted by molar-refractivity contribution is 5.18. The van der Waals surface area contributed by atoms with Gasteiger partial charge in [0, 0.05) is 5.92 Å². The molecule has 0 spiro atoms. The quantitative estimate of drug-likeness (QED) is 0.612. The van der Waals surface area contributed by atoms with Gasteiger partial charge in [0.2, 0.25) is 0 Å². The molecule has 0 aromatic heterocycles. The molecule has 0 aromatic rings. The minimum Gasteiger partial charge on any atom is -0.390 e. The van der Waals surface area contributed by atoms with Gasteiger partial charge in [0.05, 0.1) is 17.8 Å². The van der Waals surface area contributed by atoms with Crippen LogP contribution in [0, 0.1) is 35.0 Å². The van der Waals surface area contributed by atoms with Gasteiger partial charge < -0.3 is 15.3 Å². The third-order valence-corrected chi connectivity index (χ3v) is 6.51. The van der Waals surface area contributed by atoms with Gasteiger partial charge in [0.1, 0.15) is 0 Å². The van der Waals surface area contributed by atoms with Crippen LogP contribution >= 0.6 is 0 Å². The Hall–Kier alpha value is -0.120. The molecule has 3 rings (SSSR count). The van der Waals surface area contributed by atoms with E-state index in [2.05, 4.69) is 13.8 Å². The van der Waals surface area contributed by atoms with E-state index in [1.54, 1.807) is 0 Å². The molecule has 0 radical (unpaired) electrons. The lowest BCUT2D eigenvalue weighted by atomic mass is 9.74. The van der Waals surface area contributed by atoms with Gasteiger partial charge in [-0.3, -0.25) is 0 Å². The zero-order chi connectivity index (χ0) is 13.5. The zero-order valence-corrected chi connectivity index (χ0v) is 11.8. The molecule has 3 nitrogen and oxygen atoms in total. The summed E-state index contributed by atoms with van der Waals surface area (Å²) in [4.78, 5) is 0. The van der Waals surface area contributed by atoms with E-state index < -0.39 is 17.8 Å². The minimum absolute atomic E-state index is 0.0869. The van der Waals surface area contributed by atoms with E-state index in [4.69, 9.17) is 0 Å². The van der Waals surface area contributed by atoms with Crippen LogP contribution in [-0.2, 0) is 0 Å². The summed E-state index contributed by atoms with van der Waals surface area (Å²) >= 11 is 0. The first kappa shape index (κ1) is 12.9. The van der Waals surface area contributed by atoms with Crippen LogP contribution < -0.4 is 0 Å². The Labute approximate surface area is 109 Å². The maximum absolute atomic E-state index is 10.7. The van der Waals surface area contributed by atoms with Crippen LogP contribution in [0.25, 0.3) is 0 Å². The SMILES string of the molecule is CC1C(O)C(O)C2C1C1C(CCC2(C)O)C1(C)C. The summed E-state index contributed by atoms with van der Waals surface area (Å²) in [6, 6.07) is 0. The highest BCUT2D eigenvalue weighted by Crippen LogP contribution is 2.71. The average Bonchev–Trinajstić information content (AvgIpc) is 2.77. The van der Waals surface area contributed by atoms with Gasteiger partial charge in [-0.25, -0.2) is 0 Å². The van der Waals surface area contributed by atoms with Crippen molar-refractivity contribution >= 4 is 0 Å². The molecule has 0 bridgehead atoms. The van der Waals surface area contributed by atoms with Gasteiger partial charge in [-0.15, -0.1) is 0 Å². The van der Waals surface area contributed by atoms with Crippen LogP contribution in [-0.4, -0.2) is 33.1 Å². The normalized spacial score (nSPS) is 61.8. The Kier molecular flexibility index (Phi) is 2.51. The van der Waals surface area contributed by atoms with E-state index in [9.17, 15) is 15.3 Å². The van der Waals surface area contributed by atoms with Crippen molar-refractivity contribution in [3.8, 4) is 0 Å². The third kappa shape index (κ3) is 1.41. The van der Waals surface area contributed by atoms with Crippen molar-refractivity contribution in [1.29, 1.82) is 0 Å². The molecule has 0 heterocycles. The summed E-state index contributed by atoms with van der Waals surface area (Å²) < 4.78 is 0. The molecule has 3 N–H and O–H groups in total.